The third-order valence-corrected chi connectivity index (χ3v) is 2.61. The summed E-state index contributed by atoms with van der Waals surface area (Å²) in [5, 5.41) is 3.47. The molecule has 0 aliphatic carbocycles. The fourth-order valence-electron chi connectivity index (χ4n) is 1.36. The van der Waals surface area contributed by atoms with Gasteiger partial charge < -0.3 is 9.87 Å². The molecule has 0 fully saturated rings. The minimum absolute atomic E-state index is 0.0614. The SMILES string of the molecule is CC(C)C(CCS(=O)O)NC(C)(C)C. The van der Waals surface area contributed by atoms with Crippen LogP contribution in [0.5, 0.6) is 0 Å². The summed E-state index contributed by atoms with van der Waals surface area (Å²) in [5.41, 5.74) is 0.0614. The maximum Gasteiger partial charge on any atom is 0.152 e. The molecule has 0 bridgehead atoms. The topological polar surface area (TPSA) is 49.3 Å². The Morgan fingerprint density at radius 1 is 1.36 bits per heavy atom. The monoisotopic (exact) mass is 221 g/mol. The second-order valence-electron chi connectivity index (χ2n) is 5.06. The molecule has 0 saturated heterocycles. The Kier molecular flexibility index (Phi) is 5.86. The summed E-state index contributed by atoms with van der Waals surface area (Å²) in [6.07, 6.45) is 0.748. The van der Waals surface area contributed by atoms with E-state index in [1.165, 1.54) is 0 Å². The van der Waals surface area contributed by atoms with Crippen molar-refractivity contribution in [1.82, 2.24) is 5.32 Å². The summed E-state index contributed by atoms with van der Waals surface area (Å²) in [6, 6.07) is 0.311. The average Bonchev–Trinajstić information content (AvgIpc) is 1.94. The van der Waals surface area contributed by atoms with E-state index in [0.717, 1.165) is 6.42 Å². The van der Waals surface area contributed by atoms with Crippen molar-refractivity contribution in [3.05, 3.63) is 0 Å². The minimum atomic E-state index is -1.67. The molecule has 0 saturated carbocycles. The Morgan fingerprint density at radius 3 is 2.14 bits per heavy atom. The lowest BCUT2D eigenvalue weighted by molar-refractivity contribution is 0.297. The van der Waals surface area contributed by atoms with E-state index in [1.807, 2.05) is 0 Å². The van der Waals surface area contributed by atoms with Gasteiger partial charge in [0.05, 0.1) is 5.75 Å². The van der Waals surface area contributed by atoms with E-state index < -0.39 is 11.1 Å². The molecule has 14 heavy (non-hydrogen) atoms. The summed E-state index contributed by atoms with van der Waals surface area (Å²) in [6.45, 7) is 10.6. The average molecular weight is 221 g/mol. The molecule has 0 heterocycles. The number of rotatable bonds is 5. The molecule has 2 unspecified atom stereocenters. The third-order valence-electron chi connectivity index (χ3n) is 2.03. The van der Waals surface area contributed by atoms with Gasteiger partial charge in [0.25, 0.3) is 0 Å². The molecule has 0 radical (unpaired) electrons. The van der Waals surface area contributed by atoms with Gasteiger partial charge in [0.1, 0.15) is 0 Å². The Balaban J connectivity index is 4.10. The molecule has 0 rings (SSSR count). The van der Waals surface area contributed by atoms with E-state index in [9.17, 15) is 4.21 Å². The van der Waals surface area contributed by atoms with E-state index in [0.29, 0.717) is 17.7 Å². The van der Waals surface area contributed by atoms with E-state index in [2.05, 4.69) is 39.9 Å². The van der Waals surface area contributed by atoms with E-state index in [1.54, 1.807) is 0 Å². The van der Waals surface area contributed by atoms with Crippen LogP contribution in [0.3, 0.4) is 0 Å². The van der Waals surface area contributed by atoms with Gasteiger partial charge in [0.15, 0.2) is 11.1 Å². The molecular formula is C10H23NO2S. The summed E-state index contributed by atoms with van der Waals surface area (Å²) in [5.74, 6) is 0.837. The van der Waals surface area contributed by atoms with Crippen LogP contribution in [-0.2, 0) is 11.1 Å². The van der Waals surface area contributed by atoms with Crippen LogP contribution in [-0.4, -0.2) is 26.1 Å². The highest BCUT2D eigenvalue weighted by atomic mass is 32.2. The van der Waals surface area contributed by atoms with Crippen molar-refractivity contribution < 1.29 is 8.76 Å². The highest BCUT2D eigenvalue weighted by Gasteiger charge is 2.20. The van der Waals surface area contributed by atoms with E-state index >= 15 is 0 Å². The van der Waals surface area contributed by atoms with Gasteiger partial charge in [-0.3, -0.25) is 0 Å². The lowest BCUT2D eigenvalue weighted by atomic mass is 9.97. The van der Waals surface area contributed by atoms with Crippen LogP contribution in [0.2, 0.25) is 0 Å². The zero-order valence-electron chi connectivity index (χ0n) is 9.83. The Morgan fingerprint density at radius 2 is 1.86 bits per heavy atom. The lowest BCUT2D eigenvalue weighted by Crippen LogP contribution is -2.46. The predicted molar refractivity (Wildman–Crippen MR) is 61.8 cm³/mol. The quantitative estimate of drug-likeness (QED) is 0.698. The van der Waals surface area contributed by atoms with Gasteiger partial charge >= 0.3 is 0 Å². The van der Waals surface area contributed by atoms with Crippen molar-refractivity contribution in [2.24, 2.45) is 5.92 Å². The van der Waals surface area contributed by atoms with E-state index in [4.69, 9.17) is 4.55 Å². The molecule has 0 aromatic rings. The van der Waals surface area contributed by atoms with Crippen molar-refractivity contribution in [3.8, 4) is 0 Å². The van der Waals surface area contributed by atoms with Crippen LogP contribution in [0.4, 0.5) is 0 Å². The third kappa shape index (κ3) is 7.47. The molecular weight excluding hydrogens is 198 g/mol. The molecule has 0 aliphatic rings. The molecule has 86 valence electrons. The van der Waals surface area contributed by atoms with Crippen molar-refractivity contribution in [2.75, 3.05) is 5.75 Å². The molecule has 0 aromatic carbocycles. The summed E-state index contributed by atoms with van der Waals surface area (Å²) in [4.78, 5) is 0. The Bertz CT molecular complexity index is 187. The van der Waals surface area contributed by atoms with Crippen LogP contribution >= 0.6 is 0 Å². The highest BCUT2D eigenvalue weighted by molar-refractivity contribution is 7.79. The molecule has 0 spiro atoms. The summed E-state index contributed by atoms with van der Waals surface area (Å²) >= 11 is -1.67. The first kappa shape index (κ1) is 14.1. The molecule has 4 heteroatoms. The smallest absolute Gasteiger partial charge is 0.152 e. The van der Waals surface area contributed by atoms with Crippen molar-refractivity contribution in [3.63, 3.8) is 0 Å². The van der Waals surface area contributed by atoms with Gasteiger partial charge in [-0.05, 0) is 33.1 Å². The fraction of sp³-hybridized carbons (Fsp3) is 1.00. The number of hydrogen-bond acceptors (Lipinski definition) is 2. The zero-order valence-corrected chi connectivity index (χ0v) is 10.6. The Hall–Kier alpha value is 0.0700. The minimum Gasteiger partial charge on any atom is -0.309 e. The second kappa shape index (κ2) is 5.83. The largest absolute Gasteiger partial charge is 0.309 e. The maximum absolute atomic E-state index is 10.6. The number of nitrogens with one attached hydrogen (secondary N) is 1. The lowest BCUT2D eigenvalue weighted by Gasteiger charge is -2.31. The van der Waals surface area contributed by atoms with Crippen molar-refractivity contribution in [1.29, 1.82) is 0 Å². The number of hydrogen-bond donors (Lipinski definition) is 2. The zero-order chi connectivity index (χ0) is 11.4. The van der Waals surface area contributed by atoms with Gasteiger partial charge in [-0.1, -0.05) is 13.8 Å². The van der Waals surface area contributed by atoms with Crippen molar-refractivity contribution >= 4 is 11.1 Å². The molecule has 2 N–H and O–H groups in total. The first-order chi connectivity index (χ1) is 6.22. The molecule has 0 aliphatic heterocycles. The molecule has 3 nitrogen and oxygen atoms in total. The van der Waals surface area contributed by atoms with Crippen LogP contribution in [0, 0.1) is 5.92 Å². The van der Waals surface area contributed by atoms with Crippen LogP contribution in [0.15, 0.2) is 0 Å². The Labute approximate surface area is 90.0 Å². The second-order valence-corrected chi connectivity index (χ2v) is 6.11. The fourth-order valence-corrected chi connectivity index (χ4v) is 1.81. The van der Waals surface area contributed by atoms with Crippen LogP contribution < -0.4 is 5.32 Å². The van der Waals surface area contributed by atoms with Crippen LogP contribution in [0.1, 0.15) is 41.0 Å². The maximum atomic E-state index is 10.6. The van der Waals surface area contributed by atoms with E-state index in [-0.39, 0.29) is 5.54 Å². The van der Waals surface area contributed by atoms with Gasteiger partial charge in [0.2, 0.25) is 0 Å². The molecule has 0 amide bonds. The summed E-state index contributed by atoms with van der Waals surface area (Å²) in [7, 11) is 0. The summed E-state index contributed by atoms with van der Waals surface area (Å²) < 4.78 is 19.3. The van der Waals surface area contributed by atoms with Gasteiger partial charge in [0, 0.05) is 11.6 Å². The highest BCUT2D eigenvalue weighted by Crippen LogP contribution is 2.11. The molecule has 0 aromatic heterocycles. The standard InChI is InChI=1S/C10H23NO2S/c1-8(2)9(6-7-14(12)13)11-10(3,4)5/h8-9,11H,6-7H2,1-5H3,(H,12,13). The molecule has 2 atom stereocenters. The normalized spacial score (nSPS) is 17.1. The van der Waals surface area contributed by atoms with Gasteiger partial charge in [-0.2, -0.15) is 0 Å². The predicted octanol–water partition coefficient (Wildman–Crippen LogP) is 2.01. The van der Waals surface area contributed by atoms with Crippen LogP contribution in [0.25, 0.3) is 0 Å². The first-order valence-corrected chi connectivity index (χ1v) is 6.35. The first-order valence-electron chi connectivity index (χ1n) is 5.07. The van der Waals surface area contributed by atoms with Crippen molar-refractivity contribution in [2.45, 2.75) is 52.6 Å². The van der Waals surface area contributed by atoms with Gasteiger partial charge in [-0.15, -0.1) is 0 Å². The van der Waals surface area contributed by atoms with Gasteiger partial charge in [-0.25, -0.2) is 4.21 Å².